The third-order valence-electron chi connectivity index (χ3n) is 4.77. The Kier molecular flexibility index (Phi) is 6.54. The van der Waals surface area contributed by atoms with Crippen molar-refractivity contribution < 1.29 is 13.6 Å². The molecule has 2 heterocycles. The van der Waals surface area contributed by atoms with Crippen LogP contribution in [0.25, 0.3) is 0 Å². The first-order valence-electron chi connectivity index (χ1n) is 9.56. The van der Waals surface area contributed by atoms with Gasteiger partial charge < -0.3 is 14.6 Å². The van der Waals surface area contributed by atoms with Crippen molar-refractivity contribution >= 4 is 35.3 Å². The third kappa shape index (κ3) is 4.94. The maximum absolute atomic E-state index is 13.6. The molecule has 1 aromatic heterocycles. The van der Waals surface area contributed by atoms with Gasteiger partial charge in [-0.15, -0.1) is 5.10 Å². The van der Waals surface area contributed by atoms with Gasteiger partial charge in [-0.3, -0.25) is 4.79 Å². The molecule has 1 saturated heterocycles. The molecule has 1 amide bonds. The molecule has 4 rings (SSSR count). The Labute approximate surface area is 182 Å². The van der Waals surface area contributed by atoms with Gasteiger partial charge in [0.25, 0.3) is 5.91 Å². The molecular weight excluding hydrogens is 427 g/mol. The Morgan fingerprint density at radius 3 is 2.73 bits per heavy atom. The van der Waals surface area contributed by atoms with E-state index < -0.39 is 17.8 Å². The van der Waals surface area contributed by atoms with Crippen LogP contribution in [0.15, 0.2) is 52.9 Å². The van der Waals surface area contributed by atoms with Crippen molar-refractivity contribution in [2.45, 2.75) is 12.5 Å². The molecule has 0 aliphatic carbocycles. The van der Waals surface area contributed by atoms with Gasteiger partial charge in [0.05, 0.1) is 10.6 Å². The van der Waals surface area contributed by atoms with Gasteiger partial charge in [0.15, 0.2) is 0 Å². The van der Waals surface area contributed by atoms with E-state index in [0.717, 1.165) is 36.2 Å². The maximum Gasteiger partial charge on any atom is 0.318 e. The predicted molar refractivity (Wildman–Crippen MR) is 116 cm³/mol. The summed E-state index contributed by atoms with van der Waals surface area (Å²) in [5.74, 6) is 1.26. The number of halogens is 2. The van der Waals surface area contributed by atoms with Crippen molar-refractivity contribution in [3.63, 3.8) is 0 Å². The number of carbonyl (C=O) groups excluding carboxylic acids is 1. The molecule has 1 aliphatic heterocycles. The highest BCUT2D eigenvalue weighted by atomic mass is 35.5. The number of nitrogens with one attached hydrogen (secondary N) is 1. The molecular formula is C21H20ClFN4O2S. The molecule has 0 radical (unpaired) electrons. The lowest BCUT2D eigenvalue weighted by Gasteiger charge is -2.24. The second kappa shape index (κ2) is 9.49. The highest BCUT2D eigenvalue weighted by Gasteiger charge is 2.25. The number of thioether (sulfide) groups is 1. The minimum Gasteiger partial charge on any atom is -0.406 e. The quantitative estimate of drug-likeness (QED) is 0.614. The van der Waals surface area contributed by atoms with Crippen molar-refractivity contribution in [2.24, 2.45) is 0 Å². The molecule has 2 aromatic carbocycles. The minimum absolute atomic E-state index is 0.0579. The van der Waals surface area contributed by atoms with Crippen LogP contribution in [0.3, 0.4) is 0 Å². The van der Waals surface area contributed by atoms with Crippen LogP contribution in [-0.2, 0) is 6.42 Å². The summed E-state index contributed by atoms with van der Waals surface area (Å²) in [7, 11) is 0. The molecule has 30 heavy (non-hydrogen) atoms. The number of amides is 1. The zero-order valence-corrected chi connectivity index (χ0v) is 17.6. The fourth-order valence-electron chi connectivity index (χ4n) is 3.21. The normalized spacial score (nSPS) is 15.1. The molecule has 6 nitrogen and oxygen atoms in total. The molecule has 3 aromatic rings. The van der Waals surface area contributed by atoms with E-state index in [4.69, 9.17) is 16.0 Å². The van der Waals surface area contributed by atoms with E-state index in [1.54, 1.807) is 0 Å². The molecule has 9 heteroatoms. The zero-order valence-electron chi connectivity index (χ0n) is 16.1. The van der Waals surface area contributed by atoms with E-state index >= 15 is 0 Å². The first kappa shape index (κ1) is 20.7. The highest BCUT2D eigenvalue weighted by molar-refractivity contribution is 7.99. The van der Waals surface area contributed by atoms with Gasteiger partial charge in [-0.1, -0.05) is 47.0 Å². The summed E-state index contributed by atoms with van der Waals surface area (Å²) in [6.07, 6.45) is 0.441. The van der Waals surface area contributed by atoms with Crippen LogP contribution in [0.2, 0.25) is 5.02 Å². The Morgan fingerprint density at radius 2 is 1.97 bits per heavy atom. The summed E-state index contributed by atoms with van der Waals surface area (Å²) in [5.41, 5.74) is 1.05. The average molecular weight is 447 g/mol. The zero-order chi connectivity index (χ0) is 20.9. The average Bonchev–Trinajstić information content (AvgIpc) is 3.26. The Balaban J connectivity index is 1.59. The van der Waals surface area contributed by atoms with Crippen molar-refractivity contribution in [1.82, 2.24) is 15.5 Å². The van der Waals surface area contributed by atoms with E-state index in [1.165, 1.54) is 12.1 Å². The summed E-state index contributed by atoms with van der Waals surface area (Å²) in [4.78, 5) is 14.9. The van der Waals surface area contributed by atoms with Crippen LogP contribution in [0.5, 0.6) is 0 Å². The smallest absolute Gasteiger partial charge is 0.318 e. The number of hydrogen-bond acceptors (Lipinski definition) is 6. The second-order valence-electron chi connectivity index (χ2n) is 6.86. The number of benzene rings is 2. The second-order valence-corrected chi connectivity index (χ2v) is 8.49. The Morgan fingerprint density at radius 1 is 1.20 bits per heavy atom. The van der Waals surface area contributed by atoms with E-state index in [-0.39, 0.29) is 10.6 Å². The first-order valence-corrected chi connectivity index (χ1v) is 11.1. The lowest BCUT2D eigenvalue weighted by molar-refractivity contribution is 0.0930. The summed E-state index contributed by atoms with van der Waals surface area (Å²) < 4.78 is 19.6. The number of nitrogens with zero attached hydrogens (tertiary/aromatic N) is 3. The number of rotatable bonds is 6. The fraction of sp³-hybridized carbons (Fsp3) is 0.286. The van der Waals surface area contributed by atoms with Gasteiger partial charge in [0.2, 0.25) is 5.89 Å². The predicted octanol–water partition coefficient (Wildman–Crippen LogP) is 4.13. The van der Waals surface area contributed by atoms with E-state index in [2.05, 4.69) is 15.5 Å². The Bertz CT molecular complexity index is 1010. The molecule has 1 N–H and O–H groups in total. The van der Waals surface area contributed by atoms with Gasteiger partial charge in [0, 0.05) is 31.0 Å². The number of hydrogen-bond donors (Lipinski definition) is 1. The maximum atomic E-state index is 13.6. The van der Waals surface area contributed by atoms with Gasteiger partial charge in [-0.05, 0) is 23.8 Å². The minimum atomic E-state index is -0.584. The van der Waals surface area contributed by atoms with Crippen molar-refractivity contribution in [3.05, 3.63) is 76.4 Å². The van der Waals surface area contributed by atoms with Crippen LogP contribution in [0, 0.1) is 5.82 Å². The summed E-state index contributed by atoms with van der Waals surface area (Å²) in [5, 5.41) is 11.4. The summed E-state index contributed by atoms with van der Waals surface area (Å²) in [6.45, 7) is 1.67. The van der Waals surface area contributed by atoms with Crippen LogP contribution in [0.4, 0.5) is 10.4 Å². The molecule has 0 saturated carbocycles. The standard InChI is InChI=1S/C21H20ClFN4O2S/c22-17-7-6-15(23)13-16(17)19(28)24-18(12-14-4-2-1-3-5-14)20-25-26-21(29-20)27-8-10-30-11-9-27/h1-7,13,18H,8-12H2,(H,24,28)/t18-/m1/s1. The molecule has 1 fully saturated rings. The summed E-state index contributed by atoms with van der Waals surface area (Å²) >= 11 is 7.98. The molecule has 1 atom stereocenters. The van der Waals surface area contributed by atoms with Crippen molar-refractivity contribution in [3.8, 4) is 0 Å². The lowest BCUT2D eigenvalue weighted by atomic mass is 10.1. The van der Waals surface area contributed by atoms with E-state index in [0.29, 0.717) is 18.3 Å². The van der Waals surface area contributed by atoms with Crippen LogP contribution >= 0.6 is 23.4 Å². The van der Waals surface area contributed by atoms with Crippen LogP contribution < -0.4 is 10.2 Å². The fourth-order valence-corrected chi connectivity index (χ4v) is 4.31. The lowest BCUT2D eigenvalue weighted by Crippen LogP contribution is -2.32. The number of aromatic nitrogens is 2. The van der Waals surface area contributed by atoms with Crippen LogP contribution in [0.1, 0.15) is 27.9 Å². The Hall–Kier alpha value is -2.58. The third-order valence-corrected chi connectivity index (χ3v) is 6.04. The first-order chi connectivity index (χ1) is 14.6. The highest BCUT2D eigenvalue weighted by Crippen LogP contribution is 2.25. The van der Waals surface area contributed by atoms with Crippen molar-refractivity contribution in [2.75, 3.05) is 29.5 Å². The van der Waals surface area contributed by atoms with Crippen molar-refractivity contribution in [1.29, 1.82) is 0 Å². The molecule has 0 spiro atoms. The monoisotopic (exact) mass is 446 g/mol. The van der Waals surface area contributed by atoms with Gasteiger partial charge in [-0.25, -0.2) is 4.39 Å². The molecule has 0 bridgehead atoms. The topological polar surface area (TPSA) is 71.3 Å². The van der Waals surface area contributed by atoms with Gasteiger partial charge >= 0.3 is 6.01 Å². The van der Waals surface area contributed by atoms with Gasteiger partial charge in [-0.2, -0.15) is 11.8 Å². The summed E-state index contributed by atoms with van der Waals surface area (Å²) in [6, 6.07) is 13.2. The number of carbonyl (C=O) groups is 1. The molecule has 156 valence electrons. The molecule has 1 aliphatic rings. The largest absolute Gasteiger partial charge is 0.406 e. The van der Waals surface area contributed by atoms with Gasteiger partial charge in [0.1, 0.15) is 11.9 Å². The van der Waals surface area contributed by atoms with E-state index in [1.807, 2.05) is 47.0 Å². The SMILES string of the molecule is O=C(N[C@H](Cc1ccccc1)c1nnc(N2CCSCC2)o1)c1cc(F)ccc1Cl. The number of anilines is 1. The molecule has 0 unspecified atom stereocenters. The van der Waals surface area contributed by atoms with Crippen LogP contribution in [-0.4, -0.2) is 40.7 Å². The van der Waals surface area contributed by atoms with E-state index in [9.17, 15) is 9.18 Å².